The van der Waals surface area contributed by atoms with Crippen molar-refractivity contribution in [1.29, 1.82) is 5.41 Å². The molecule has 0 aromatic carbocycles. The molecule has 0 atom stereocenters. The van der Waals surface area contributed by atoms with Crippen LogP contribution >= 0.6 is 0 Å². The fourth-order valence-electron chi connectivity index (χ4n) is 0.803. The van der Waals surface area contributed by atoms with Crippen molar-refractivity contribution in [3.8, 4) is 0 Å². The third-order valence-electron chi connectivity index (χ3n) is 1.56. The molecule has 0 fully saturated rings. The van der Waals surface area contributed by atoms with E-state index >= 15 is 0 Å². The number of ether oxygens (including phenoxy) is 1. The molecule has 0 bridgehead atoms. The SMILES string of the molecule is CCOCCS(=O)(=O)N(C)CC(=N)N. The quantitative estimate of drug-likeness (QED) is 0.336. The number of nitrogens with zero attached hydrogens (tertiary/aromatic N) is 1. The van der Waals surface area contributed by atoms with E-state index in [2.05, 4.69) is 0 Å². The van der Waals surface area contributed by atoms with E-state index in [1.165, 1.54) is 7.05 Å². The summed E-state index contributed by atoms with van der Waals surface area (Å²) >= 11 is 0. The summed E-state index contributed by atoms with van der Waals surface area (Å²) in [7, 11) is -1.95. The first-order valence-corrected chi connectivity index (χ1v) is 5.85. The van der Waals surface area contributed by atoms with Crippen molar-refractivity contribution in [2.24, 2.45) is 5.73 Å². The fraction of sp³-hybridized carbons (Fsp3) is 0.857. The molecule has 3 N–H and O–H groups in total. The molecule has 0 aromatic rings. The van der Waals surface area contributed by atoms with Crippen LogP contribution in [0, 0.1) is 5.41 Å². The van der Waals surface area contributed by atoms with Crippen molar-refractivity contribution in [3.63, 3.8) is 0 Å². The van der Waals surface area contributed by atoms with Gasteiger partial charge in [-0.15, -0.1) is 0 Å². The number of hydrogen-bond donors (Lipinski definition) is 2. The fourth-order valence-corrected chi connectivity index (χ4v) is 1.78. The lowest BCUT2D eigenvalue weighted by Crippen LogP contribution is -2.37. The van der Waals surface area contributed by atoms with Crippen LogP contribution in [-0.4, -0.2) is 51.1 Å². The van der Waals surface area contributed by atoms with E-state index in [0.29, 0.717) is 6.61 Å². The molecular weight excluding hydrogens is 206 g/mol. The molecule has 84 valence electrons. The van der Waals surface area contributed by atoms with Crippen molar-refractivity contribution >= 4 is 15.9 Å². The van der Waals surface area contributed by atoms with Gasteiger partial charge in [-0.3, -0.25) is 5.41 Å². The van der Waals surface area contributed by atoms with Crippen molar-refractivity contribution in [3.05, 3.63) is 0 Å². The molecule has 0 radical (unpaired) electrons. The van der Waals surface area contributed by atoms with Gasteiger partial charge in [0.2, 0.25) is 10.0 Å². The maximum Gasteiger partial charge on any atom is 0.216 e. The lowest BCUT2D eigenvalue weighted by molar-refractivity contribution is 0.162. The molecule has 0 spiro atoms. The normalized spacial score (nSPS) is 11.9. The second-order valence-electron chi connectivity index (χ2n) is 2.79. The van der Waals surface area contributed by atoms with Crippen molar-refractivity contribution in [1.82, 2.24) is 4.31 Å². The highest BCUT2D eigenvalue weighted by molar-refractivity contribution is 7.89. The van der Waals surface area contributed by atoms with Crippen LogP contribution < -0.4 is 5.73 Å². The molecule has 0 saturated heterocycles. The van der Waals surface area contributed by atoms with Gasteiger partial charge in [-0.1, -0.05) is 0 Å². The van der Waals surface area contributed by atoms with Gasteiger partial charge in [-0.25, -0.2) is 8.42 Å². The first-order valence-electron chi connectivity index (χ1n) is 4.24. The number of sulfonamides is 1. The molecule has 14 heavy (non-hydrogen) atoms. The lowest BCUT2D eigenvalue weighted by atomic mass is 10.6. The third kappa shape index (κ3) is 5.15. The zero-order chi connectivity index (χ0) is 11.2. The van der Waals surface area contributed by atoms with Gasteiger partial charge in [0, 0.05) is 13.7 Å². The Kier molecular flexibility index (Phi) is 5.66. The summed E-state index contributed by atoms with van der Waals surface area (Å²) < 4.78 is 28.9. The van der Waals surface area contributed by atoms with Gasteiger partial charge in [0.25, 0.3) is 0 Å². The summed E-state index contributed by atoms with van der Waals surface area (Å²) in [6.45, 7) is 2.38. The van der Waals surface area contributed by atoms with Gasteiger partial charge < -0.3 is 10.5 Å². The molecule has 6 nitrogen and oxygen atoms in total. The second-order valence-corrected chi connectivity index (χ2v) is 4.99. The average molecular weight is 223 g/mol. The Morgan fingerprint density at radius 2 is 2.14 bits per heavy atom. The monoisotopic (exact) mass is 223 g/mol. The Balaban J connectivity index is 4.10. The van der Waals surface area contributed by atoms with Crippen LogP contribution in [0.2, 0.25) is 0 Å². The van der Waals surface area contributed by atoms with Crippen LogP contribution in [-0.2, 0) is 14.8 Å². The highest BCUT2D eigenvalue weighted by Crippen LogP contribution is 1.97. The van der Waals surface area contributed by atoms with Crippen molar-refractivity contribution in [2.75, 3.05) is 32.6 Å². The molecule has 0 unspecified atom stereocenters. The van der Waals surface area contributed by atoms with Gasteiger partial charge in [0.1, 0.15) is 5.84 Å². The zero-order valence-corrected chi connectivity index (χ0v) is 9.30. The number of nitrogens with two attached hydrogens (primary N) is 1. The predicted molar refractivity (Wildman–Crippen MR) is 54.8 cm³/mol. The maximum absolute atomic E-state index is 11.4. The molecule has 0 amide bonds. The third-order valence-corrected chi connectivity index (χ3v) is 3.32. The smallest absolute Gasteiger partial charge is 0.216 e. The van der Waals surface area contributed by atoms with E-state index in [0.717, 1.165) is 4.31 Å². The van der Waals surface area contributed by atoms with Gasteiger partial charge in [0.05, 0.1) is 18.9 Å². The lowest BCUT2D eigenvalue weighted by Gasteiger charge is -2.15. The Morgan fingerprint density at radius 1 is 1.57 bits per heavy atom. The Labute approximate surface area is 84.6 Å². The summed E-state index contributed by atoms with van der Waals surface area (Å²) in [6.07, 6.45) is 0. The topological polar surface area (TPSA) is 96.5 Å². The molecule has 0 aliphatic rings. The van der Waals surface area contributed by atoms with Crippen LogP contribution in [0.3, 0.4) is 0 Å². The Bertz CT molecular complexity index is 276. The molecular formula is C7H17N3O3S. The summed E-state index contributed by atoms with van der Waals surface area (Å²) in [4.78, 5) is 0. The maximum atomic E-state index is 11.4. The van der Waals surface area contributed by atoms with E-state index in [-0.39, 0.29) is 24.7 Å². The first-order chi connectivity index (χ1) is 6.40. The number of amidine groups is 1. The molecule has 0 aromatic heterocycles. The number of nitrogens with one attached hydrogen (secondary N) is 1. The highest BCUT2D eigenvalue weighted by atomic mass is 32.2. The van der Waals surface area contributed by atoms with Gasteiger partial charge >= 0.3 is 0 Å². The molecule has 0 aliphatic heterocycles. The Morgan fingerprint density at radius 3 is 2.57 bits per heavy atom. The second kappa shape index (κ2) is 5.94. The van der Waals surface area contributed by atoms with E-state index in [9.17, 15) is 8.42 Å². The zero-order valence-electron chi connectivity index (χ0n) is 8.49. The van der Waals surface area contributed by atoms with Crippen molar-refractivity contribution < 1.29 is 13.2 Å². The number of likely N-dealkylation sites (N-methyl/N-ethyl adjacent to an activating group) is 1. The highest BCUT2D eigenvalue weighted by Gasteiger charge is 2.17. The van der Waals surface area contributed by atoms with Crippen LogP contribution in [0.1, 0.15) is 6.92 Å². The summed E-state index contributed by atoms with van der Waals surface area (Å²) in [5.74, 6) is -0.252. The first kappa shape index (κ1) is 13.3. The minimum atomic E-state index is -3.34. The van der Waals surface area contributed by atoms with E-state index in [4.69, 9.17) is 15.9 Å². The van der Waals surface area contributed by atoms with E-state index in [1.807, 2.05) is 0 Å². The predicted octanol–water partition coefficient (Wildman–Crippen LogP) is -0.780. The number of hydrogen-bond acceptors (Lipinski definition) is 4. The molecule has 0 rings (SSSR count). The van der Waals surface area contributed by atoms with Crippen LogP contribution in [0.5, 0.6) is 0 Å². The summed E-state index contributed by atoms with van der Waals surface area (Å²) in [6, 6.07) is 0. The average Bonchev–Trinajstić information content (AvgIpc) is 2.03. The van der Waals surface area contributed by atoms with Gasteiger partial charge in [0.15, 0.2) is 0 Å². The van der Waals surface area contributed by atoms with Crippen LogP contribution in [0.15, 0.2) is 0 Å². The summed E-state index contributed by atoms with van der Waals surface area (Å²) in [5.41, 5.74) is 5.09. The standard InChI is InChI=1S/C7H17N3O3S/c1-3-13-4-5-14(11,12)10(2)6-7(8)9/h3-6H2,1-2H3,(H3,8,9). The van der Waals surface area contributed by atoms with Gasteiger partial charge in [-0.05, 0) is 6.92 Å². The minimum absolute atomic E-state index is 0.0749. The molecule has 0 aliphatic carbocycles. The van der Waals surface area contributed by atoms with Crippen molar-refractivity contribution in [2.45, 2.75) is 6.92 Å². The number of rotatable bonds is 7. The van der Waals surface area contributed by atoms with Crippen LogP contribution in [0.4, 0.5) is 0 Å². The van der Waals surface area contributed by atoms with Gasteiger partial charge in [-0.2, -0.15) is 4.31 Å². The molecule has 7 heteroatoms. The summed E-state index contributed by atoms with van der Waals surface area (Å²) in [5, 5.41) is 6.96. The van der Waals surface area contributed by atoms with E-state index < -0.39 is 10.0 Å². The molecule has 0 saturated carbocycles. The molecule has 0 heterocycles. The largest absolute Gasteiger partial charge is 0.387 e. The van der Waals surface area contributed by atoms with E-state index in [1.54, 1.807) is 6.92 Å². The van der Waals surface area contributed by atoms with Crippen LogP contribution in [0.25, 0.3) is 0 Å². The minimum Gasteiger partial charge on any atom is -0.387 e. The Hall–Kier alpha value is -0.660.